The predicted molar refractivity (Wildman–Crippen MR) is 80.2 cm³/mol. The second-order valence-electron chi connectivity index (χ2n) is 4.89. The summed E-state index contributed by atoms with van der Waals surface area (Å²) in [4.78, 5) is 4.25. The predicted octanol–water partition coefficient (Wildman–Crippen LogP) is 4.29. The number of aryl methyl sites for hydroxylation is 1. The van der Waals surface area contributed by atoms with Gasteiger partial charge in [-0.15, -0.1) is 0 Å². The fraction of sp³-hybridized carbons (Fsp3) is 0.118. The first-order valence-electron chi connectivity index (χ1n) is 6.55. The molecule has 0 atom stereocenters. The Bertz CT molecular complexity index is 727. The van der Waals surface area contributed by atoms with Crippen LogP contribution in [0, 0.1) is 12.7 Å². The molecule has 2 aromatic carbocycles. The number of rotatable bonds is 3. The lowest BCUT2D eigenvalue weighted by atomic mass is 10.1. The summed E-state index contributed by atoms with van der Waals surface area (Å²) in [6.45, 7) is 2.50. The molecule has 0 saturated heterocycles. The lowest BCUT2D eigenvalue weighted by Crippen LogP contribution is -2.01. The molecule has 1 N–H and O–H groups in total. The van der Waals surface area contributed by atoms with Crippen molar-refractivity contribution >= 4 is 16.5 Å². The molecule has 0 saturated carbocycles. The summed E-state index contributed by atoms with van der Waals surface area (Å²) < 4.78 is 13.4. The molecule has 2 nitrogen and oxygen atoms in total. The molecule has 0 amide bonds. The van der Waals surface area contributed by atoms with Gasteiger partial charge in [0.1, 0.15) is 5.82 Å². The molecule has 1 heterocycles. The second-order valence-corrected chi connectivity index (χ2v) is 4.89. The van der Waals surface area contributed by atoms with Crippen LogP contribution in [0.25, 0.3) is 10.8 Å². The molecule has 0 aliphatic rings. The number of aromatic nitrogens is 1. The van der Waals surface area contributed by atoms with Crippen LogP contribution in [0.2, 0.25) is 0 Å². The summed E-state index contributed by atoms with van der Waals surface area (Å²) in [5.41, 5.74) is 2.80. The minimum atomic E-state index is -0.219. The van der Waals surface area contributed by atoms with Crippen molar-refractivity contribution in [3.63, 3.8) is 0 Å². The molecule has 3 aromatic rings. The van der Waals surface area contributed by atoms with E-state index in [0.717, 1.165) is 22.2 Å². The molecule has 1 aromatic heterocycles. The van der Waals surface area contributed by atoms with Crippen LogP contribution >= 0.6 is 0 Å². The second kappa shape index (κ2) is 5.29. The van der Waals surface area contributed by atoms with Gasteiger partial charge in [-0.05, 0) is 41.6 Å². The molecule has 0 aliphatic carbocycles. The molecule has 20 heavy (non-hydrogen) atoms. The number of pyridine rings is 1. The van der Waals surface area contributed by atoms with Gasteiger partial charge in [0.15, 0.2) is 0 Å². The lowest BCUT2D eigenvalue weighted by molar-refractivity contribution is 0.627. The van der Waals surface area contributed by atoms with Crippen LogP contribution in [-0.4, -0.2) is 4.98 Å². The molecule has 3 heteroatoms. The third kappa shape index (κ3) is 2.62. The minimum Gasteiger partial charge on any atom is -0.381 e. The van der Waals surface area contributed by atoms with Crippen LogP contribution in [0.1, 0.15) is 11.1 Å². The van der Waals surface area contributed by atoms with Gasteiger partial charge in [0, 0.05) is 30.0 Å². The molecular weight excluding hydrogens is 251 g/mol. The largest absolute Gasteiger partial charge is 0.381 e. The first-order valence-corrected chi connectivity index (χ1v) is 6.55. The van der Waals surface area contributed by atoms with Gasteiger partial charge in [-0.1, -0.05) is 24.3 Å². The Kier molecular flexibility index (Phi) is 3.33. The average molecular weight is 266 g/mol. The van der Waals surface area contributed by atoms with Crippen LogP contribution in [0.3, 0.4) is 0 Å². The third-order valence-corrected chi connectivity index (χ3v) is 3.28. The fourth-order valence-corrected chi connectivity index (χ4v) is 2.36. The number of benzene rings is 2. The van der Waals surface area contributed by atoms with E-state index in [0.29, 0.717) is 6.54 Å². The first kappa shape index (κ1) is 12.6. The highest BCUT2D eigenvalue weighted by Crippen LogP contribution is 2.19. The van der Waals surface area contributed by atoms with E-state index >= 15 is 0 Å². The number of halogens is 1. The maximum Gasteiger partial charge on any atom is 0.125 e. The zero-order chi connectivity index (χ0) is 13.9. The molecule has 0 bridgehead atoms. The van der Waals surface area contributed by atoms with Gasteiger partial charge in [-0.25, -0.2) is 4.39 Å². The zero-order valence-electron chi connectivity index (χ0n) is 11.2. The van der Waals surface area contributed by atoms with Gasteiger partial charge in [-0.3, -0.25) is 4.98 Å². The third-order valence-electron chi connectivity index (χ3n) is 3.28. The summed E-state index contributed by atoms with van der Waals surface area (Å²) in [6.07, 6.45) is 3.70. The van der Waals surface area contributed by atoms with E-state index < -0.39 is 0 Å². The van der Waals surface area contributed by atoms with E-state index in [1.165, 1.54) is 17.5 Å². The molecule has 0 radical (unpaired) electrons. The highest BCUT2D eigenvalue weighted by atomic mass is 19.1. The molecule has 0 fully saturated rings. The van der Waals surface area contributed by atoms with Crippen molar-refractivity contribution in [1.29, 1.82) is 0 Å². The minimum absolute atomic E-state index is 0.219. The van der Waals surface area contributed by atoms with Gasteiger partial charge in [-0.2, -0.15) is 0 Å². The van der Waals surface area contributed by atoms with Crippen molar-refractivity contribution in [3.8, 4) is 0 Å². The maximum atomic E-state index is 13.4. The standard InChI is InChI=1S/C17H15FN2/c1-12-6-15(18)8-16(7-12)20-11-14-10-19-9-13-4-2-3-5-17(13)14/h2-10,20H,11H2,1H3. The van der Waals surface area contributed by atoms with Crippen LogP contribution in [0.5, 0.6) is 0 Å². The van der Waals surface area contributed by atoms with Crippen molar-refractivity contribution in [2.45, 2.75) is 13.5 Å². The number of nitrogens with one attached hydrogen (secondary N) is 1. The number of anilines is 1. The van der Waals surface area contributed by atoms with Crippen molar-refractivity contribution in [2.24, 2.45) is 0 Å². The van der Waals surface area contributed by atoms with E-state index in [1.54, 1.807) is 0 Å². The Hall–Kier alpha value is -2.42. The molecule has 0 unspecified atom stereocenters. The maximum absolute atomic E-state index is 13.4. The van der Waals surface area contributed by atoms with Crippen LogP contribution in [0.15, 0.2) is 54.9 Å². The van der Waals surface area contributed by atoms with Crippen molar-refractivity contribution in [3.05, 3.63) is 71.8 Å². The van der Waals surface area contributed by atoms with Gasteiger partial charge in [0.25, 0.3) is 0 Å². The number of fused-ring (bicyclic) bond motifs is 1. The number of nitrogens with zero attached hydrogens (tertiary/aromatic N) is 1. The average Bonchev–Trinajstić information content (AvgIpc) is 2.44. The Morgan fingerprint density at radius 3 is 2.80 bits per heavy atom. The van der Waals surface area contributed by atoms with E-state index in [1.807, 2.05) is 43.6 Å². The van der Waals surface area contributed by atoms with Gasteiger partial charge >= 0.3 is 0 Å². The van der Waals surface area contributed by atoms with Crippen molar-refractivity contribution < 1.29 is 4.39 Å². The first-order chi connectivity index (χ1) is 9.72. The molecule has 0 spiro atoms. The Balaban J connectivity index is 1.87. The van der Waals surface area contributed by atoms with Crippen molar-refractivity contribution in [1.82, 2.24) is 4.98 Å². The summed E-state index contributed by atoms with van der Waals surface area (Å²) in [5, 5.41) is 5.54. The molecule has 3 rings (SSSR count). The normalized spacial score (nSPS) is 10.7. The van der Waals surface area contributed by atoms with E-state index in [2.05, 4.69) is 16.4 Å². The van der Waals surface area contributed by atoms with Gasteiger partial charge < -0.3 is 5.32 Å². The van der Waals surface area contributed by atoms with Crippen LogP contribution in [-0.2, 0) is 6.54 Å². The Labute approximate surface area is 117 Å². The van der Waals surface area contributed by atoms with Crippen LogP contribution in [0.4, 0.5) is 10.1 Å². The highest BCUT2D eigenvalue weighted by molar-refractivity contribution is 5.84. The topological polar surface area (TPSA) is 24.9 Å². The quantitative estimate of drug-likeness (QED) is 0.764. The number of hydrogen-bond acceptors (Lipinski definition) is 2. The van der Waals surface area contributed by atoms with Gasteiger partial charge in [0.05, 0.1) is 0 Å². The zero-order valence-corrected chi connectivity index (χ0v) is 11.2. The van der Waals surface area contributed by atoms with E-state index in [4.69, 9.17) is 0 Å². The fourth-order valence-electron chi connectivity index (χ4n) is 2.36. The highest BCUT2D eigenvalue weighted by Gasteiger charge is 2.02. The number of hydrogen-bond donors (Lipinski definition) is 1. The summed E-state index contributed by atoms with van der Waals surface area (Å²) in [6, 6.07) is 13.1. The summed E-state index contributed by atoms with van der Waals surface area (Å²) in [7, 11) is 0. The van der Waals surface area contributed by atoms with Crippen molar-refractivity contribution in [2.75, 3.05) is 5.32 Å². The molecule has 0 aliphatic heterocycles. The lowest BCUT2D eigenvalue weighted by Gasteiger charge is -2.09. The smallest absolute Gasteiger partial charge is 0.125 e. The van der Waals surface area contributed by atoms with Crippen LogP contribution < -0.4 is 5.32 Å². The van der Waals surface area contributed by atoms with Gasteiger partial charge in [0.2, 0.25) is 0 Å². The van der Waals surface area contributed by atoms with E-state index in [-0.39, 0.29) is 5.82 Å². The Morgan fingerprint density at radius 1 is 1.10 bits per heavy atom. The SMILES string of the molecule is Cc1cc(F)cc(NCc2cncc3ccccc23)c1. The van der Waals surface area contributed by atoms with E-state index in [9.17, 15) is 4.39 Å². The summed E-state index contributed by atoms with van der Waals surface area (Å²) >= 11 is 0. The molecule has 100 valence electrons. The summed E-state index contributed by atoms with van der Waals surface area (Å²) in [5.74, 6) is -0.219. The monoisotopic (exact) mass is 266 g/mol. The molecular formula is C17H15FN2. The Morgan fingerprint density at radius 2 is 1.95 bits per heavy atom.